The van der Waals surface area contributed by atoms with Crippen LogP contribution in [0.1, 0.15) is 0 Å². The third-order valence-electron chi connectivity index (χ3n) is 3.87. The summed E-state index contributed by atoms with van der Waals surface area (Å²) in [5.41, 5.74) is 2.38. The Morgan fingerprint density at radius 2 is 1.50 bits per heavy atom. The van der Waals surface area contributed by atoms with Crippen molar-refractivity contribution in [3.8, 4) is 16.9 Å². The van der Waals surface area contributed by atoms with E-state index >= 15 is 0 Å². The van der Waals surface area contributed by atoms with Gasteiger partial charge in [-0.1, -0.05) is 41.9 Å². The van der Waals surface area contributed by atoms with E-state index in [0.29, 0.717) is 0 Å². The molecule has 4 aromatic rings. The van der Waals surface area contributed by atoms with E-state index in [0.717, 1.165) is 16.2 Å². The zero-order valence-electron chi connectivity index (χ0n) is 12.0. The zero-order valence-corrected chi connectivity index (χ0v) is 13.5. The van der Waals surface area contributed by atoms with Crippen LogP contribution in [0.4, 0.5) is 0 Å². The zero-order chi connectivity index (χ0) is 15.1. The van der Waals surface area contributed by atoms with Crippen LogP contribution in [0.5, 0.6) is 5.75 Å². The molecule has 0 aliphatic carbocycles. The van der Waals surface area contributed by atoms with Gasteiger partial charge in [0.05, 0.1) is 7.11 Å². The number of benzene rings is 3. The normalized spacial score (nSPS) is 11.2. The van der Waals surface area contributed by atoms with Gasteiger partial charge in [0.1, 0.15) is 5.75 Å². The van der Waals surface area contributed by atoms with Crippen molar-refractivity contribution in [2.24, 2.45) is 0 Å². The van der Waals surface area contributed by atoms with Gasteiger partial charge in [-0.25, -0.2) is 0 Å². The summed E-state index contributed by atoms with van der Waals surface area (Å²) in [6.45, 7) is 0. The molecular formula is C19H13ClOS. The maximum atomic E-state index is 6.47. The second-order valence-electron chi connectivity index (χ2n) is 5.12. The Hall–Kier alpha value is -2.03. The molecule has 0 saturated heterocycles. The smallest absolute Gasteiger partial charge is 0.118 e. The first kappa shape index (κ1) is 13.6. The van der Waals surface area contributed by atoms with Gasteiger partial charge in [-0.2, -0.15) is 0 Å². The molecule has 0 unspecified atom stereocenters. The third kappa shape index (κ3) is 2.07. The summed E-state index contributed by atoms with van der Waals surface area (Å²) in [6.07, 6.45) is 0. The second-order valence-corrected chi connectivity index (χ2v) is 6.61. The SMILES string of the molecule is COc1ccc(-c2cccc3sc4cccc(Cl)c4c23)cc1. The van der Waals surface area contributed by atoms with Crippen molar-refractivity contribution in [3.05, 3.63) is 65.7 Å². The van der Waals surface area contributed by atoms with Crippen LogP contribution >= 0.6 is 22.9 Å². The number of hydrogen-bond donors (Lipinski definition) is 0. The molecule has 108 valence electrons. The van der Waals surface area contributed by atoms with E-state index in [4.69, 9.17) is 16.3 Å². The van der Waals surface area contributed by atoms with E-state index in [2.05, 4.69) is 36.4 Å². The summed E-state index contributed by atoms with van der Waals surface area (Å²) in [5.74, 6) is 0.865. The minimum atomic E-state index is 0.810. The highest BCUT2D eigenvalue weighted by molar-refractivity contribution is 7.26. The van der Waals surface area contributed by atoms with E-state index in [-0.39, 0.29) is 0 Å². The molecule has 0 spiro atoms. The van der Waals surface area contributed by atoms with Gasteiger partial charge in [0, 0.05) is 25.2 Å². The van der Waals surface area contributed by atoms with E-state index in [9.17, 15) is 0 Å². The van der Waals surface area contributed by atoms with Crippen molar-refractivity contribution in [3.63, 3.8) is 0 Å². The molecule has 3 heteroatoms. The van der Waals surface area contributed by atoms with Crippen LogP contribution in [-0.2, 0) is 0 Å². The fraction of sp³-hybridized carbons (Fsp3) is 0.0526. The number of halogens is 1. The van der Waals surface area contributed by atoms with Crippen molar-refractivity contribution >= 4 is 43.1 Å². The average molecular weight is 325 g/mol. The van der Waals surface area contributed by atoms with E-state index in [1.54, 1.807) is 18.4 Å². The number of hydrogen-bond acceptors (Lipinski definition) is 2. The van der Waals surface area contributed by atoms with Crippen LogP contribution < -0.4 is 4.74 Å². The molecule has 0 amide bonds. The van der Waals surface area contributed by atoms with Crippen LogP contribution in [0.2, 0.25) is 5.02 Å². The monoisotopic (exact) mass is 324 g/mol. The van der Waals surface area contributed by atoms with Crippen molar-refractivity contribution in [1.82, 2.24) is 0 Å². The summed E-state index contributed by atoms with van der Waals surface area (Å²) < 4.78 is 7.73. The highest BCUT2D eigenvalue weighted by Gasteiger charge is 2.12. The van der Waals surface area contributed by atoms with Crippen LogP contribution in [-0.4, -0.2) is 7.11 Å². The maximum absolute atomic E-state index is 6.47. The first-order valence-corrected chi connectivity index (χ1v) is 8.21. The minimum absolute atomic E-state index is 0.810. The first-order chi connectivity index (χ1) is 10.8. The Labute approximate surface area is 137 Å². The fourth-order valence-electron chi connectivity index (χ4n) is 2.84. The Kier molecular flexibility index (Phi) is 3.29. The molecule has 1 heterocycles. The summed E-state index contributed by atoms with van der Waals surface area (Å²) in [7, 11) is 1.68. The molecule has 1 aromatic heterocycles. The van der Waals surface area contributed by atoms with Crippen molar-refractivity contribution in [2.75, 3.05) is 7.11 Å². The van der Waals surface area contributed by atoms with Gasteiger partial charge in [-0.3, -0.25) is 0 Å². The standard InChI is InChI=1S/C19H13ClOS/c1-21-13-10-8-12(9-11-13)14-4-2-6-16-18(14)19-15(20)5-3-7-17(19)22-16/h2-11H,1H3. The molecule has 0 atom stereocenters. The molecule has 3 aromatic carbocycles. The van der Waals surface area contributed by atoms with E-state index in [1.807, 2.05) is 24.3 Å². The summed E-state index contributed by atoms with van der Waals surface area (Å²) in [4.78, 5) is 0. The summed E-state index contributed by atoms with van der Waals surface area (Å²) in [6, 6.07) is 20.7. The number of ether oxygens (including phenoxy) is 1. The lowest BCUT2D eigenvalue weighted by Crippen LogP contribution is -1.83. The molecule has 0 saturated carbocycles. The number of methoxy groups -OCH3 is 1. The molecule has 1 nitrogen and oxygen atoms in total. The van der Waals surface area contributed by atoms with Gasteiger partial charge in [0.25, 0.3) is 0 Å². The Morgan fingerprint density at radius 1 is 0.818 bits per heavy atom. The quantitative estimate of drug-likeness (QED) is 0.415. The van der Waals surface area contributed by atoms with Gasteiger partial charge in [-0.05, 0) is 41.5 Å². The topological polar surface area (TPSA) is 9.23 Å². The van der Waals surface area contributed by atoms with E-state index < -0.39 is 0 Å². The number of rotatable bonds is 2. The van der Waals surface area contributed by atoms with Gasteiger partial charge in [0.15, 0.2) is 0 Å². The third-order valence-corrected chi connectivity index (χ3v) is 5.31. The predicted molar refractivity (Wildman–Crippen MR) is 96.3 cm³/mol. The molecule has 0 N–H and O–H groups in total. The van der Waals surface area contributed by atoms with Crippen LogP contribution in [0.3, 0.4) is 0 Å². The lowest BCUT2D eigenvalue weighted by atomic mass is 9.99. The summed E-state index contributed by atoms with van der Waals surface area (Å²) >= 11 is 8.25. The molecule has 0 fully saturated rings. The maximum Gasteiger partial charge on any atom is 0.118 e. The second kappa shape index (κ2) is 5.31. The van der Waals surface area contributed by atoms with Gasteiger partial charge >= 0.3 is 0 Å². The van der Waals surface area contributed by atoms with Gasteiger partial charge < -0.3 is 4.74 Å². The van der Waals surface area contributed by atoms with Gasteiger partial charge in [-0.15, -0.1) is 11.3 Å². The Balaban J connectivity index is 2.06. The molecule has 0 bridgehead atoms. The van der Waals surface area contributed by atoms with Crippen LogP contribution in [0, 0.1) is 0 Å². The van der Waals surface area contributed by atoms with E-state index in [1.165, 1.54) is 25.9 Å². The lowest BCUT2D eigenvalue weighted by molar-refractivity contribution is 0.415. The van der Waals surface area contributed by atoms with Crippen LogP contribution in [0.15, 0.2) is 60.7 Å². The minimum Gasteiger partial charge on any atom is -0.497 e. The molecular weight excluding hydrogens is 312 g/mol. The Bertz CT molecular complexity index is 970. The van der Waals surface area contributed by atoms with Crippen molar-refractivity contribution in [2.45, 2.75) is 0 Å². The Morgan fingerprint density at radius 3 is 2.23 bits per heavy atom. The highest BCUT2D eigenvalue weighted by atomic mass is 35.5. The highest BCUT2D eigenvalue weighted by Crippen LogP contribution is 2.42. The molecule has 22 heavy (non-hydrogen) atoms. The van der Waals surface area contributed by atoms with Crippen LogP contribution in [0.25, 0.3) is 31.3 Å². The van der Waals surface area contributed by atoms with Gasteiger partial charge in [0.2, 0.25) is 0 Å². The van der Waals surface area contributed by atoms with Crippen molar-refractivity contribution < 1.29 is 4.74 Å². The summed E-state index contributed by atoms with van der Waals surface area (Å²) in [5, 5.41) is 3.19. The fourth-order valence-corrected chi connectivity index (χ4v) is 4.32. The predicted octanol–water partition coefficient (Wildman–Crippen LogP) is 6.38. The number of thiophene rings is 1. The molecule has 0 aliphatic heterocycles. The largest absolute Gasteiger partial charge is 0.497 e. The molecule has 4 rings (SSSR count). The first-order valence-electron chi connectivity index (χ1n) is 7.02. The number of fused-ring (bicyclic) bond motifs is 3. The molecule has 0 aliphatic rings. The lowest BCUT2D eigenvalue weighted by Gasteiger charge is -2.06. The molecule has 0 radical (unpaired) electrons. The average Bonchev–Trinajstić information content (AvgIpc) is 2.95. The van der Waals surface area contributed by atoms with Crippen molar-refractivity contribution in [1.29, 1.82) is 0 Å².